The molecule has 1 fully saturated rings. The topological polar surface area (TPSA) is 89.3 Å². The van der Waals surface area contributed by atoms with E-state index >= 15 is 0 Å². The molecule has 3 aromatic rings. The van der Waals surface area contributed by atoms with E-state index in [1.807, 2.05) is 24.3 Å². The van der Waals surface area contributed by atoms with Crippen LogP contribution in [0.3, 0.4) is 0 Å². The van der Waals surface area contributed by atoms with Crippen molar-refractivity contribution in [2.45, 2.75) is 44.3 Å². The Labute approximate surface area is 191 Å². The van der Waals surface area contributed by atoms with Crippen LogP contribution in [0, 0.1) is 5.82 Å². The van der Waals surface area contributed by atoms with Gasteiger partial charge in [-0.1, -0.05) is 48.4 Å². The van der Waals surface area contributed by atoms with Crippen LogP contribution in [0.5, 0.6) is 0 Å². The Kier molecular flexibility index (Phi) is 7.29. The molecule has 1 aliphatic carbocycles. The minimum atomic E-state index is -1.12. The highest BCUT2D eigenvalue weighted by atomic mass is 19.1. The highest BCUT2D eigenvalue weighted by molar-refractivity contribution is 5.89. The quantitative estimate of drug-likeness (QED) is 0.538. The van der Waals surface area contributed by atoms with Crippen molar-refractivity contribution >= 4 is 22.8 Å². The number of hydrogen-bond acceptors (Lipinski definition) is 5. The van der Waals surface area contributed by atoms with E-state index in [-0.39, 0.29) is 43.1 Å². The highest BCUT2D eigenvalue weighted by Gasteiger charge is 2.34. The normalized spacial score (nSPS) is 15.0. The molecule has 2 aromatic carbocycles. The van der Waals surface area contributed by atoms with Gasteiger partial charge < -0.3 is 15.0 Å². The molecular formula is C24H28FN5O3. The van der Waals surface area contributed by atoms with E-state index in [9.17, 15) is 14.0 Å². The van der Waals surface area contributed by atoms with Gasteiger partial charge in [0.25, 0.3) is 0 Å². The maximum Gasteiger partial charge on any atom is 0.247 e. The van der Waals surface area contributed by atoms with E-state index in [0.717, 1.165) is 25.7 Å². The number of rotatable bonds is 9. The molecule has 174 valence electrons. The number of benzene rings is 2. The Balaban J connectivity index is 1.66. The number of hydrogen-bond donors (Lipinski definition) is 1. The standard InChI is InChI=1S/C24H28FN5O3/c1-33-15-14-29(22(31)16-30-21-13-7-6-12-20(21)27-28-30)23(18-10-4-5-11-19(18)25)24(32)26-17-8-2-3-9-17/h4-7,10-13,17,23H,2-3,8-9,14-16H2,1H3,(H,26,32)/t23-/m1/s1. The van der Waals surface area contributed by atoms with E-state index < -0.39 is 11.9 Å². The molecule has 0 unspecified atom stereocenters. The first kappa shape index (κ1) is 22.8. The Morgan fingerprint density at radius 1 is 1.18 bits per heavy atom. The van der Waals surface area contributed by atoms with Gasteiger partial charge >= 0.3 is 0 Å². The van der Waals surface area contributed by atoms with Crippen molar-refractivity contribution in [3.05, 3.63) is 59.9 Å². The highest BCUT2D eigenvalue weighted by Crippen LogP contribution is 2.26. The molecule has 0 bridgehead atoms. The molecule has 1 aliphatic rings. The number of nitrogens with one attached hydrogen (secondary N) is 1. The van der Waals surface area contributed by atoms with Crippen molar-refractivity contribution in [1.82, 2.24) is 25.2 Å². The summed E-state index contributed by atoms with van der Waals surface area (Å²) in [6, 6.07) is 12.3. The largest absolute Gasteiger partial charge is 0.383 e. The number of fused-ring (bicyclic) bond motifs is 1. The van der Waals surface area contributed by atoms with Gasteiger partial charge in [0.15, 0.2) is 0 Å². The number of para-hydroxylation sites is 1. The van der Waals surface area contributed by atoms with Crippen LogP contribution in [-0.4, -0.2) is 58.0 Å². The lowest BCUT2D eigenvalue weighted by Crippen LogP contribution is -2.48. The molecule has 0 radical (unpaired) electrons. The first-order valence-electron chi connectivity index (χ1n) is 11.2. The van der Waals surface area contributed by atoms with E-state index in [1.165, 1.54) is 22.8 Å². The predicted octanol–water partition coefficient (Wildman–Crippen LogP) is 2.85. The maximum atomic E-state index is 14.9. The summed E-state index contributed by atoms with van der Waals surface area (Å²) in [4.78, 5) is 28.3. The van der Waals surface area contributed by atoms with Gasteiger partial charge in [0.05, 0.1) is 12.1 Å². The lowest BCUT2D eigenvalue weighted by molar-refractivity contribution is -0.142. The molecule has 2 amide bonds. The molecule has 33 heavy (non-hydrogen) atoms. The van der Waals surface area contributed by atoms with Crippen LogP contribution in [0.15, 0.2) is 48.5 Å². The summed E-state index contributed by atoms with van der Waals surface area (Å²) in [6.07, 6.45) is 3.85. The Morgan fingerprint density at radius 2 is 1.91 bits per heavy atom. The van der Waals surface area contributed by atoms with Crippen LogP contribution >= 0.6 is 0 Å². The van der Waals surface area contributed by atoms with Gasteiger partial charge in [-0.15, -0.1) is 5.10 Å². The zero-order chi connectivity index (χ0) is 23.2. The molecular weight excluding hydrogens is 425 g/mol. The van der Waals surface area contributed by atoms with Crippen molar-refractivity contribution in [2.75, 3.05) is 20.3 Å². The summed E-state index contributed by atoms with van der Waals surface area (Å²) in [5.74, 6) is -1.30. The molecule has 0 spiro atoms. The number of carbonyl (C=O) groups is 2. The van der Waals surface area contributed by atoms with Crippen LogP contribution in [-0.2, 0) is 20.9 Å². The van der Waals surface area contributed by atoms with Crippen LogP contribution in [0.1, 0.15) is 37.3 Å². The summed E-state index contributed by atoms with van der Waals surface area (Å²) in [6.45, 7) is 0.191. The lowest BCUT2D eigenvalue weighted by atomic mass is 10.0. The van der Waals surface area contributed by atoms with Crippen molar-refractivity contribution in [3.8, 4) is 0 Å². The first-order chi connectivity index (χ1) is 16.1. The van der Waals surface area contributed by atoms with E-state index in [0.29, 0.717) is 11.0 Å². The van der Waals surface area contributed by atoms with Crippen molar-refractivity contribution in [1.29, 1.82) is 0 Å². The first-order valence-corrected chi connectivity index (χ1v) is 11.2. The number of carbonyl (C=O) groups excluding carboxylic acids is 2. The minimum Gasteiger partial charge on any atom is -0.383 e. The fourth-order valence-corrected chi connectivity index (χ4v) is 4.34. The van der Waals surface area contributed by atoms with Gasteiger partial charge in [-0.25, -0.2) is 9.07 Å². The smallest absolute Gasteiger partial charge is 0.247 e. The second-order valence-electron chi connectivity index (χ2n) is 8.23. The Morgan fingerprint density at radius 3 is 2.67 bits per heavy atom. The zero-order valence-electron chi connectivity index (χ0n) is 18.6. The summed E-state index contributed by atoms with van der Waals surface area (Å²) < 4.78 is 21.6. The van der Waals surface area contributed by atoms with Crippen LogP contribution in [0.4, 0.5) is 4.39 Å². The number of amides is 2. The third-order valence-electron chi connectivity index (χ3n) is 6.02. The lowest BCUT2D eigenvalue weighted by Gasteiger charge is -2.32. The Bertz CT molecular complexity index is 1110. The predicted molar refractivity (Wildman–Crippen MR) is 121 cm³/mol. The fraction of sp³-hybridized carbons (Fsp3) is 0.417. The molecule has 1 aromatic heterocycles. The van der Waals surface area contributed by atoms with E-state index in [4.69, 9.17) is 4.74 Å². The molecule has 1 atom stereocenters. The van der Waals surface area contributed by atoms with Crippen LogP contribution in [0.25, 0.3) is 11.0 Å². The van der Waals surface area contributed by atoms with Gasteiger partial charge in [0.1, 0.15) is 23.9 Å². The number of methoxy groups -OCH3 is 1. The maximum absolute atomic E-state index is 14.9. The molecule has 1 saturated carbocycles. The van der Waals surface area contributed by atoms with Gasteiger partial charge in [0, 0.05) is 25.3 Å². The van der Waals surface area contributed by atoms with Crippen molar-refractivity contribution in [3.63, 3.8) is 0 Å². The zero-order valence-corrected chi connectivity index (χ0v) is 18.6. The second kappa shape index (κ2) is 10.5. The number of aromatic nitrogens is 3. The van der Waals surface area contributed by atoms with Gasteiger partial charge in [-0.05, 0) is 31.0 Å². The SMILES string of the molecule is COCCN(C(=O)Cn1nnc2ccccc21)[C@@H](C(=O)NC1CCCC1)c1ccccc1F. The van der Waals surface area contributed by atoms with Gasteiger partial charge in [-0.3, -0.25) is 9.59 Å². The molecule has 1 heterocycles. The van der Waals surface area contributed by atoms with E-state index in [2.05, 4.69) is 15.6 Å². The summed E-state index contributed by atoms with van der Waals surface area (Å²) in [5.41, 5.74) is 1.52. The minimum absolute atomic E-state index is 0.0328. The fourth-order valence-electron chi connectivity index (χ4n) is 4.34. The van der Waals surface area contributed by atoms with Crippen molar-refractivity contribution < 1.29 is 18.7 Å². The van der Waals surface area contributed by atoms with Gasteiger partial charge in [-0.2, -0.15) is 0 Å². The Hall–Kier alpha value is -3.33. The monoisotopic (exact) mass is 453 g/mol. The second-order valence-corrected chi connectivity index (χ2v) is 8.23. The third kappa shape index (κ3) is 5.19. The molecule has 1 N–H and O–H groups in total. The molecule has 8 nitrogen and oxygen atoms in total. The molecule has 4 rings (SSSR count). The van der Waals surface area contributed by atoms with Gasteiger partial charge in [0.2, 0.25) is 11.8 Å². The van der Waals surface area contributed by atoms with E-state index in [1.54, 1.807) is 18.2 Å². The molecule has 0 aliphatic heterocycles. The number of halogens is 1. The summed E-state index contributed by atoms with van der Waals surface area (Å²) in [5, 5.41) is 11.2. The van der Waals surface area contributed by atoms with Crippen LogP contribution in [0.2, 0.25) is 0 Å². The summed E-state index contributed by atoms with van der Waals surface area (Å²) >= 11 is 0. The van der Waals surface area contributed by atoms with Crippen LogP contribution < -0.4 is 5.32 Å². The summed E-state index contributed by atoms with van der Waals surface area (Å²) in [7, 11) is 1.52. The number of ether oxygens (including phenoxy) is 1. The third-order valence-corrected chi connectivity index (χ3v) is 6.02. The van der Waals surface area contributed by atoms with Crippen molar-refractivity contribution in [2.24, 2.45) is 0 Å². The average molecular weight is 454 g/mol. The average Bonchev–Trinajstić information content (AvgIpc) is 3.47. The molecule has 9 heteroatoms. The number of nitrogens with zero attached hydrogens (tertiary/aromatic N) is 4. The molecule has 0 saturated heterocycles.